The summed E-state index contributed by atoms with van der Waals surface area (Å²) in [6.45, 7) is 11.6. The van der Waals surface area contributed by atoms with Gasteiger partial charge in [-0.3, -0.25) is 4.90 Å². The van der Waals surface area contributed by atoms with E-state index in [1.807, 2.05) is 0 Å². The highest BCUT2D eigenvalue weighted by atomic mass is 15.2. The highest BCUT2D eigenvalue weighted by Gasteiger charge is 2.11. The van der Waals surface area contributed by atoms with Gasteiger partial charge in [0.15, 0.2) is 0 Å². The van der Waals surface area contributed by atoms with Crippen molar-refractivity contribution in [2.75, 3.05) is 39.3 Å². The summed E-state index contributed by atoms with van der Waals surface area (Å²) < 4.78 is 0. The van der Waals surface area contributed by atoms with Crippen LogP contribution in [-0.4, -0.2) is 49.1 Å². The molecule has 1 aliphatic rings. The lowest BCUT2D eigenvalue weighted by Gasteiger charge is -2.18. The Bertz CT molecular complexity index is 239. The monoisotopic (exact) mass is 236 g/mol. The van der Waals surface area contributed by atoms with Gasteiger partial charge < -0.3 is 4.90 Å². The van der Waals surface area contributed by atoms with Gasteiger partial charge in [0.1, 0.15) is 0 Å². The minimum absolute atomic E-state index is 0.976. The van der Waals surface area contributed by atoms with Crippen LogP contribution < -0.4 is 0 Å². The molecule has 0 unspecified atom stereocenters. The average molecular weight is 236 g/mol. The molecule has 0 amide bonds. The van der Waals surface area contributed by atoms with E-state index >= 15 is 0 Å². The molecule has 17 heavy (non-hydrogen) atoms. The third-order valence-electron chi connectivity index (χ3n) is 3.46. The van der Waals surface area contributed by atoms with Gasteiger partial charge in [0.25, 0.3) is 0 Å². The van der Waals surface area contributed by atoms with Gasteiger partial charge in [0.05, 0.1) is 6.54 Å². The van der Waals surface area contributed by atoms with E-state index < -0.39 is 0 Å². The highest BCUT2D eigenvalue weighted by molar-refractivity contribution is 5.01. The number of nitrogens with zero attached hydrogens (tertiary/aromatic N) is 2. The first-order chi connectivity index (χ1) is 8.36. The normalized spacial score (nSPS) is 18.5. The molecular formula is C15H28N2. The van der Waals surface area contributed by atoms with Gasteiger partial charge in [-0.25, -0.2) is 0 Å². The Morgan fingerprint density at radius 1 is 0.882 bits per heavy atom. The van der Waals surface area contributed by atoms with E-state index in [4.69, 9.17) is 0 Å². The van der Waals surface area contributed by atoms with E-state index in [0.717, 1.165) is 13.0 Å². The Morgan fingerprint density at radius 3 is 2.41 bits per heavy atom. The van der Waals surface area contributed by atoms with Crippen molar-refractivity contribution in [3.05, 3.63) is 0 Å². The van der Waals surface area contributed by atoms with E-state index in [9.17, 15) is 0 Å². The minimum atomic E-state index is 0.976. The fourth-order valence-electron chi connectivity index (χ4n) is 2.22. The third-order valence-corrected chi connectivity index (χ3v) is 3.46. The van der Waals surface area contributed by atoms with Crippen LogP contribution in [0.5, 0.6) is 0 Å². The molecule has 0 bridgehead atoms. The number of unbranched alkanes of at least 4 members (excludes halogenated alkanes) is 3. The molecule has 1 heterocycles. The van der Waals surface area contributed by atoms with Crippen molar-refractivity contribution in [1.29, 1.82) is 0 Å². The van der Waals surface area contributed by atoms with Crippen molar-refractivity contribution in [3.63, 3.8) is 0 Å². The predicted molar refractivity (Wildman–Crippen MR) is 75.1 cm³/mol. The van der Waals surface area contributed by atoms with Gasteiger partial charge in [-0.2, -0.15) is 0 Å². The Labute approximate surface area is 107 Å². The molecule has 1 saturated heterocycles. The van der Waals surface area contributed by atoms with E-state index in [1.54, 1.807) is 0 Å². The van der Waals surface area contributed by atoms with Gasteiger partial charge in [-0.15, -0.1) is 5.92 Å². The Morgan fingerprint density at radius 2 is 1.65 bits per heavy atom. The molecular weight excluding hydrogens is 208 g/mol. The smallest absolute Gasteiger partial charge is 0.0602 e. The maximum absolute atomic E-state index is 3.33. The Balaban J connectivity index is 2.14. The highest BCUT2D eigenvalue weighted by Crippen LogP contribution is 2.02. The van der Waals surface area contributed by atoms with Crippen molar-refractivity contribution in [2.24, 2.45) is 0 Å². The molecule has 0 N–H and O–H groups in total. The molecule has 0 spiro atoms. The number of hydrogen-bond donors (Lipinski definition) is 0. The molecule has 0 aromatic carbocycles. The standard InChI is InChI=1S/C15H28N2/c1-3-5-6-7-8-9-11-17-13-10-12-16(4-2)14-15-17/h3-7,10-15H2,1-2H3. The SMILES string of the molecule is CCCCCC#CCN1CCCN(CC)CC1. The molecule has 0 atom stereocenters. The Kier molecular flexibility index (Phi) is 8.13. The number of likely N-dealkylation sites (N-methyl/N-ethyl adjacent to an activating group) is 1. The molecule has 0 aliphatic carbocycles. The summed E-state index contributed by atoms with van der Waals surface area (Å²) in [6.07, 6.45) is 6.27. The van der Waals surface area contributed by atoms with E-state index in [1.165, 1.54) is 58.4 Å². The molecule has 0 saturated carbocycles. The lowest BCUT2D eigenvalue weighted by atomic mass is 10.2. The predicted octanol–water partition coefficient (Wildman–Crippen LogP) is 2.60. The molecule has 2 heteroatoms. The van der Waals surface area contributed by atoms with Gasteiger partial charge in [0, 0.05) is 26.1 Å². The fraction of sp³-hybridized carbons (Fsp3) is 0.867. The zero-order valence-corrected chi connectivity index (χ0v) is 11.7. The number of hydrogen-bond acceptors (Lipinski definition) is 2. The summed E-state index contributed by atoms with van der Waals surface area (Å²) in [5.74, 6) is 6.64. The molecule has 0 radical (unpaired) electrons. The van der Waals surface area contributed by atoms with Crippen LogP contribution >= 0.6 is 0 Å². The molecule has 1 rings (SSSR count). The van der Waals surface area contributed by atoms with E-state index in [2.05, 4.69) is 35.5 Å². The van der Waals surface area contributed by atoms with Gasteiger partial charge in [-0.1, -0.05) is 32.6 Å². The molecule has 0 aromatic rings. The Hall–Kier alpha value is -0.520. The minimum Gasteiger partial charge on any atom is -0.302 e. The zero-order valence-electron chi connectivity index (χ0n) is 11.7. The second-order valence-electron chi connectivity index (χ2n) is 4.87. The first-order valence-corrected chi connectivity index (χ1v) is 7.27. The molecule has 2 nitrogen and oxygen atoms in total. The molecule has 0 aromatic heterocycles. The maximum Gasteiger partial charge on any atom is 0.0602 e. The van der Waals surface area contributed by atoms with Crippen LogP contribution in [0.1, 0.15) is 46.0 Å². The maximum atomic E-state index is 3.33. The molecule has 1 aliphatic heterocycles. The van der Waals surface area contributed by atoms with Crippen LogP contribution in [0.15, 0.2) is 0 Å². The van der Waals surface area contributed by atoms with Crippen molar-refractivity contribution in [3.8, 4) is 11.8 Å². The third kappa shape index (κ3) is 6.71. The first-order valence-electron chi connectivity index (χ1n) is 7.27. The summed E-state index contributed by atoms with van der Waals surface area (Å²) in [7, 11) is 0. The van der Waals surface area contributed by atoms with Crippen LogP contribution in [0.25, 0.3) is 0 Å². The fourth-order valence-corrected chi connectivity index (χ4v) is 2.22. The van der Waals surface area contributed by atoms with Gasteiger partial charge in [0.2, 0.25) is 0 Å². The lowest BCUT2D eigenvalue weighted by Crippen LogP contribution is -2.30. The first kappa shape index (κ1) is 14.5. The van der Waals surface area contributed by atoms with Crippen molar-refractivity contribution >= 4 is 0 Å². The van der Waals surface area contributed by atoms with Crippen LogP contribution in [0.3, 0.4) is 0 Å². The van der Waals surface area contributed by atoms with Gasteiger partial charge >= 0.3 is 0 Å². The quantitative estimate of drug-likeness (QED) is 0.535. The second-order valence-corrected chi connectivity index (χ2v) is 4.87. The van der Waals surface area contributed by atoms with Crippen molar-refractivity contribution < 1.29 is 0 Å². The van der Waals surface area contributed by atoms with E-state index in [-0.39, 0.29) is 0 Å². The van der Waals surface area contributed by atoms with Crippen LogP contribution in [-0.2, 0) is 0 Å². The summed E-state index contributed by atoms with van der Waals surface area (Å²) in [6, 6.07) is 0. The summed E-state index contributed by atoms with van der Waals surface area (Å²) in [5.41, 5.74) is 0. The second kappa shape index (κ2) is 9.50. The summed E-state index contributed by atoms with van der Waals surface area (Å²) >= 11 is 0. The molecule has 98 valence electrons. The number of rotatable bonds is 5. The average Bonchev–Trinajstić information content (AvgIpc) is 2.59. The van der Waals surface area contributed by atoms with Crippen LogP contribution in [0.2, 0.25) is 0 Å². The summed E-state index contributed by atoms with van der Waals surface area (Å²) in [5, 5.41) is 0. The summed E-state index contributed by atoms with van der Waals surface area (Å²) in [4.78, 5) is 5.04. The zero-order chi connectivity index (χ0) is 12.3. The van der Waals surface area contributed by atoms with E-state index in [0.29, 0.717) is 0 Å². The van der Waals surface area contributed by atoms with Crippen molar-refractivity contribution in [1.82, 2.24) is 9.80 Å². The molecule has 1 fully saturated rings. The van der Waals surface area contributed by atoms with Crippen LogP contribution in [0, 0.1) is 11.8 Å². The van der Waals surface area contributed by atoms with Crippen molar-refractivity contribution in [2.45, 2.75) is 46.0 Å². The topological polar surface area (TPSA) is 6.48 Å². The lowest BCUT2D eigenvalue weighted by molar-refractivity contribution is 0.280. The largest absolute Gasteiger partial charge is 0.302 e. The van der Waals surface area contributed by atoms with Crippen LogP contribution in [0.4, 0.5) is 0 Å². The van der Waals surface area contributed by atoms with Gasteiger partial charge in [-0.05, 0) is 25.9 Å².